The molecule has 1 fully saturated rings. The molecule has 0 spiro atoms. The molecule has 2 heterocycles. The van der Waals surface area contributed by atoms with Gasteiger partial charge in [0.05, 0.1) is 11.4 Å². The maximum atomic E-state index is 13.7. The van der Waals surface area contributed by atoms with Crippen molar-refractivity contribution in [2.75, 3.05) is 38.5 Å². The number of halogens is 1. The number of aliphatic imine (C=N–C) groups is 1. The molecule has 4 rings (SSSR count). The van der Waals surface area contributed by atoms with E-state index in [0.29, 0.717) is 5.69 Å². The van der Waals surface area contributed by atoms with Gasteiger partial charge in [-0.2, -0.15) is 0 Å². The molecule has 1 N–H and O–H groups in total. The van der Waals surface area contributed by atoms with Crippen molar-refractivity contribution in [3.63, 3.8) is 0 Å². The van der Waals surface area contributed by atoms with Crippen LogP contribution >= 0.6 is 0 Å². The first kappa shape index (κ1) is 14.2. The lowest BCUT2D eigenvalue weighted by atomic mass is 10.1. The van der Waals surface area contributed by atoms with Crippen LogP contribution in [0.4, 0.5) is 21.5 Å². The molecule has 0 aliphatic carbocycles. The molecule has 23 heavy (non-hydrogen) atoms. The standard InChI is InChI=1S/C18H19FN4/c1-22-8-10-23(11-9-22)18-14-4-2-3-5-15(14)20-16-7-6-13(19)12-17(16)21-18/h2-7,12,20H,8-11H2,1H3. The Morgan fingerprint density at radius 3 is 2.61 bits per heavy atom. The molecule has 0 radical (unpaired) electrons. The number of amidine groups is 1. The summed E-state index contributed by atoms with van der Waals surface area (Å²) in [6.45, 7) is 3.86. The van der Waals surface area contributed by atoms with Crippen molar-refractivity contribution >= 4 is 22.9 Å². The Bertz CT molecular complexity index is 763. The van der Waals surface area contributed by atoms with E-state index in [1.807, 2.05) is 18.2 Å². The molecule has 0 atom stereocenters. The fourth-order valence-corrected chi connectivity index (χ4v) is 3.07. The molecule has 2 aliphatic heterocycles. The predicted octanol–water partition coefficient (Wildman–Crippen LogP) is 3.21. The quantitative estimate of drug-likeness (QED) is 0.810. The smallest absolute Gasteiger partial charge is 0.138 e. The van der Waals surface area contributed by atoms with Crippen molar-refractivity contribution in [1.82, 2.24) is 9.80 Å². The van der Waals surface area contributed by atoms with Gasteiger partial charge in [0, 0.05) is 43.5 Å². The summed E-state index contributed by atoms with van der Waals surface area (Å²) in [5, 5.41) is 3.39. The van der Waals surface area contributed by atoms with E-state index in [4.69, 9.17) is 4.99 Å². The van der Waals surface area contributed by atoms with Gasteiger partial charge < -0.3 is 15.1 Å². The van der Waals surface area contributed by atoms with Gasteiger partial charge in [-0.1, -0.05) is 12.1 Å². The van der Waals surface area contributed by atoms with Crippen molar-refractivity contribution in [3.05, 3.63) is 53.8 Å². The van der Waals surface area contributed by atoms with Crippen LogP contribution in [0, 0.1) is 5.82 Å². The van der Waals surface area contributed by atoms with E-state index >= 15 is 0 Å². The largest absolute Gasteiger partial charge is 0.353 e. The maximum absolute atomic E-state index is 13.7. The van der Waals surface area contributed by atoms with E-state index in [0.717, 1.165) is 49.0 Å². The normalized spacial score (nSPS) is 17.7. The van der Waals surface area contributed by atoms with Gasteiger partial charge in [0.15, 0.2) is 0 Å². The summed E-state index contributed by atoms with van der Waals surface area (Å²) in [4.78, 5) is 9.41. The van der Waals surface area contributed by atoms with E-state index in [1.165, 1.54) is 12.1 Å². The molecule has 2 aromatic rings. The van der Waals surface area contributed by atoms with Crippen LogP contribution in [0.15, 0.2) is 47.5 Å². The number of anilines is 2. The lowest BCUT2D eigenvalue weighted by molar-refractivity contribution is 0.216. The zero-order chi connectivity index (χ0) is 15.8. The lowest BCUT2D eigenvalue weighted by Gasteiger charge is -2.34. The fraction of sp³-hybridized carbons (Fsp3) is 0.278. The summed E-state index contributed by atoms with van der Waals surface area (Å²) >= 11 is 0. The fourth-order valence-electron chi connectivity index (χ4n) is 3.07. The molecule has 0 unspecified atom stereocenters. The van der Waals surface area contributed by atoms with Gasteiger partial charge in [0.25, 0.3) is 0 Å². The Hall–Kier alpha value is -2.40. The van der Waals surface area contributed by atoms with E-state index in [-0.39, 0.29) is 5.82 Å². The minimum absolute atomic E-state index is 0.266. The van der Waals surface area contributed by atoms with E-state index in [9.17, 15) is 4.39 Å². The molecular formula is C18H19FN4. The van der Waals surface area contributed by atoms with Crippen LogP contribution < -0.4 is 5.32 Å². The minimum atomic E-state index is -0.266. The summed E-state index contributed by atoms with van der Waals surface area (Å²) in [6.07, 6.45) is 0. The summed E-state index contributed by atoms with van der Waals surface area (Å²) in [6, 6.07) is 12.8. The lowest BCUT2D eigenvalue weighted by Crippen LogP contribution is -2.47. The second-order valence-electron chi connectivity index (χ2n) is 6.06. The second kappa shape index (κ2) is 5.66. The van der Waals surface area contributed by atoms with E-state index in [1.54, 1.807) is 6.07 Å². The third-order valence-corrected chi connectivity index (χ3v) is 4.43. The number of para-hydroxylation sites is 1. The first-order chi connectivity index (χ1) is 11.2. The van der Waals surface area contributed by atoms with Crippen molar-refractivity contribution in [2.24, 2.45) is 4.99 Å². The minimum Gasteiger partial charge on any atom is -0.353 e. The molecule has 2 aromatic carbocycles. The van der Waals surface area contributed by atoms with Gasteiger partial charge >= 0.3 is 0 Å². The summed E-state index contributed by atoms with van der Waals surface area (Å²) in [5.74, 6) is 0.656. The Balaban J connectivity index is 1.83. The first-order valence-corrected chi connectivity index (χ1v) is 7.89. The van der Waals surface area contributed by atoms with Crippen LogP contribution in [0.1, 0.15) is 5.56 Å². The Labute approximate surface area is 135 Å². The van der Waals surface area contributed by atoms with Crippen LogP contribution in [0.2, 0.25) is 0 Å². The van der Waals surface area contributed by atoms with Gasteiger partial charge in [-0.15, -0.1) is 0 Å². The topological polar surface area (TPSA) is 30.9 Å². The molecule has 2 aliphatic rings. The van der Waals surface area contributed by atoms with Crippen molar-refractivity contribution < 1.29 is 4.39 Å². The number of benzene rings is 2. The summed E-state index contributed by atoms with van der Waals surface area (Å²) in [5.41, 5.74) is 3.56. The van der Waals surface area contributed by atoms with E-state index < -0.39 is 0 Å². The van der Waals surface area contributed by atoms with Crippen molar-refractivity contribution in [2.45, 2.75) is 0 Å². The molecule has 0 aromatic heterocycles. The maximum Gasteiger partial charge on any atom is 0.138 e. The van der Waals surface area contributed by atoms with Gasteiger partial charge in [-0.25, -0.2) is 9.38 Å². The van der Waals surface area contributed by atoms with Gasteiger partial charge in [-0.05, 0) is 31.3 Å². The van der Waals surface area contributed by atoms with Crippen molar-refractivity contribution in [1.29, 1.82) is 0 Å². The van der Waals surface area contributed by atoms with Crippen LogP contribution in [0.5, 0.6) is 0 Å². The molecule has 0 saturated carbocycles. The Morgan fingerprint density at radius 2 is 1.78 bits per heavy atom. The average Bonchev–Trinajstić information content (AvgIpc) is 2.72. The second-order valence-corrected chi connectivity index (χ2v) is 6.06. The third kappa shape index (κ3) is 2.68. The average molecular weight is 310 g/mol. The van der Waals surface area contributed by atoms with Gasteiger partial charge in [-0.3, -0.25) is 0 Å². The number of nitrogens with zero attached hydrogens (tertiary/aromatic N) is 3. The number of rotatable bonds is 0. The molecule has 4 nitrogen and oxygen atoms in total. The monoisotopic (exact) mass is 310 g/mol. The summed E-state index contributed by atoms with van der Waals surface area (Å²) in [7, 11) is 2.13. The molecule has 0 amide bonds. The van der Waals surface area contributed by atoms with Crippen molar-refractivity contribution in [3.8, 4) is 0 Å². The van der Waals surface area contributed by atoms with Crippen LogP contribution in [-0.4, -0.2) is 48.9 Å². The molecule has 118 valence electrons. The highest BCUT2D eigenvalue weighted by Crippen LogP contribution is 2.35. The molecular weight excluding hydrogens is 291 g/mol. The zero-order valence-electron chi connectivity index (χ0n) is 13.1. The number of nitrogens with one attached hydrogen (secondary N) is 1. The molecule has 1 saturated heterocycles. The SMILES string of the molecule is CN1CCN(C2=Nc3cc(F)ccc3Nc3ccccc32)CC1. The summed E-state index contributed by atoms with van der Waals surface area (Å²) < 4.78 is 13.7. The van der Waals surface area contributed by atoms with Gasteiger partial charge in [0.2, 0.25) is 0 Å². The first-order valence-electron chi connectivity index (χ1n) is 7.89. The third-order valence-electron chi connectivity index (χ3n) is 4.43. The highest BCUT2D eigenvalue weighted by atomic mass is 19.1. The van der Waals surface area contributed by atoms with Crippen LogP contribution in [-0.2, 0) is 0 Å². The number of hydrogen-bond acceptors (Lipinski definition) is 4. The van der Waals surface area contributed by atoms with E-state index in [2.05, 4.69) is 28.2 Å². The van der Waals surface area contributed by atoms with Gasteiger partial charge in [0.1, 0.15) is 11.7 Å². The van der Waals surface area contributed by atoms with Crippen LogP contribution in [0.3, 0.4) is 0 Å². The molecule has 0 bridgehead atoms. The number of fused-ring (bicyclic) bond motifs is 2. The predicted molar refractivity (Wildman–Crippen MR) is 91.4 cm³/mol. The Kier molecular flexibility index (Phi) is 3.50. The Morgan fingerprint density at radius 1 is 1.00 bits per heavy atom. The number of likely N-dealkylation sites (N-methyl/N-ethyl adjacent to an activating group) is 1. The highest BCUT2D eigenvalue weighted by molar-refractivity contribution is 6.07. The van der Waals surface area contributed by atoms with Crippen LogP contribution in [0.25, 0.3) is 0 Å². The highest BCUT2D eigenvalue weighted by Gasteiger charge is 2.23. The molecule has 5 heteroatoms. The zero-order valence-corrected chi connectivity index (χ0v) is 13.1. The number of hydrogen-bond donors (Lipinski definition) is 1. The number of piperazine rings is 1.